The molecule has 1 aliphatic heterocycles. The normalized spacial score (nSPS) is 15.8. The van der Waals surface area contributed by atoms with Crippen LogP contribution in [-0.2, 0) is 6.42 Å². The molecule has 3 rings (SSSR count). The Bertz CT molecular complexity index is 766. The number of hydrogen-bond acceptors (Lipinski definition) is 4. The zero-order valence-electron chi connectivity index (χ0n) is 17.4. The Morgan fingerprint density at radius 1 is 1.10 bits per heavy atom. The summed E-state index contributed by atoms with van der Waals surface area (Å²) in [7, 11) is 0. The molecule has 0 atom stereocenters. The fourth-order valence-electron chi connectivity index (χ4n) is 3.48. The molecule has 1 fully saturated rings. The second kappa shape index (κ2) is 9.90. The number of carbonyl (C=O) groups is 1. The minimum absolute atomic E-state index is 0.107. The van der Waals surface area contributed by atoms with E-state index >= 15 is 0 Å². The Hall–Kier alpha value is -2.37. The van der Waals surface area contributed by atoms with E-state index in [-0.39, 0.29) is 18.6 Å². The lowest BCUT2D eigenvalue weighted by Crippen LogP contribution is -2.46. The number of benzene rings is 2. The van der Waals surface area contributed by atoms with Crippen molar-refractivity contribution in [3.63, 3.8) is 0 Å². The van der Waals surface area contributed by atoms with Crippen molar-refractivity contribution in [1.29, 1.82) is 0 Å². The van der Waals surface area contributed by atoms with Gasteiger partial charge in [0.25, 0.3) is 5.91 Å². The lowest BCUT2D eigenvalue weighted by molar-refractivity contribution is 0.0869. The smallest absolute Gasteiger partial charge is 0.251 e. The molecule has 0 radical (unpaired) electrons. The second-order valence-corrected chi connectivity index (χ2v) is 8.41. The number of carbonyl (C=O) groups excluding carboxylic acids is 1. The molecule has 5 nitrogen and oxygen atoms in total. The van der Waals surface area contributed by atoms with Gasteiger partial charge in [0.2, 0.25) is 0 Å². The molecule has 0 aliphatic carbocycles. The molecule has 0 unspecified atom stereocenters. The molecule has 0 aromatic heterocycles. The summed E-state index contributed by atoms with van der Waals surface area (Å²) in [5.41, 5.74) is 1.31. The number of likely N-dealkylation sites (tertiary alicyclic amines) is 1. The van der Waals surface area contributed by atoms with Crippen molar-refractivity contribution in [3.8, 4) is 5.75 Å². The zero-order valence-corrected chi connectivity index (χ0v) is 17.4. The molecular weight excluding hydrogens is 364 g/mol. The van der Waals surface area contributed by atoms with Gasteiger partial charge in [-0.2, -0.15) is 0 Å². The fraction of sp³-hybridized carbons (Fsp3) is 0.458. The molecule has 0 bridgehead atoms. The van der Waals surface area contributed by atoms with Crippen LogP contribution in [0.25, 0.3) is 0 Å². The Morgan fingerprint density at radius 3 is 2.38 bits per heavy atom. The van der Waals surface area contributed by atoms with Crippen molar-refractivity contribution < 1.29 is 14.6 Å². The summed E-state index contributed by atoms with van der Waals surface area (Å²) in [4.78, 5) is 14.8. The SMILES string of the molecule is CC(C)(CO)NC(=O)c1ccc(OC2CCN(CCc3ccccc3)CC2)cc1. The average molecular weight is 397 g/mol. The third-order valence-corrected chi connectivity index (χ3v) is 5.36. The fourth-order valence-corrected chi connectivity index (χ4v) is 3.48. The molecule has 2 aromatic rings. The monoisotopic (exact) mass is 396 g/mol. The van der Waals surface area contributed by atoms with Gasteiger partial charge in [0, 0.05) is 25.2 Å². The Balaban J connectivity index is 1.42. The Morgan fingerprint density at radius 2 is 1.76 bits per heavy atom. The maximum atomic E-state index is 12.3. The number of aliphatic hydroxyl groups excluding tert-OH is 1. The van der Waals surface area contributed by atoms with Gasteiger partial charge in [-0.05, 0) is 62.9 Å². The maximum Gasteiger partial charge on any atom is 0.251 e. The van der Waals surface area contributed by atoms with Gasteiger partial charge >= 0.3 is 0 Å². The van der Waals surface area contributed by atoms with Gasteiger partial charge in [0.1, 0.15) is 11.9 Å². The van der Waals surface area contributed by atoms with E-state index in [1.807, 2.05) is 12.1 Å². The molecule has 2 N–H and O–H groups in total. The number of nitrogens with zero attached hydrogens (tertiary/aromatic N) is 1. The molecule has 2 aromatic carbocycles. The summed E-state index contributed by atoms with van der Waals surface area (Å²) in [6.07, 6.45) is 3.34. The van der Waals surface area contributed by atoms with Gasteiger partial charge in [-0.3, -0.25) is 4.79 Å². The van der Waals surface area contributed by atoms with Crippen LogP contribution in [0.2, 0.25) is 0 Å². The second-order valence-electron chi connectivity index (χ2n) is 8.41. The van der Waals surface area contributed by atoms with Crippen molar-refractivity contribution in [2.45, 2.75) is 44.8 Å². The van der Waals surface area contributed by atoms with E-state index in [0.29, 0.717) is 5.56 Å². The van der Waals surface area contributed by atoms with Crippen LogP contribution in [-0.4, -0.2) is 53.8 Å². The topological polar surface area (TPSA) is 61.8 Å². The number of hydrogen-bond donors (Lipinski definition) is 2. The average Bonchev–Trinajstić information content (AvgIpc) is 2.74. The molecule has 0 spiro atoms. The molecular formula is C24H32N2O3. The minimum Gasteiger partial charge on any atom is -0.490 e. The third kappa shape index (κ3) is 6.58. The van der Waals surface area contributed by atoms with Crippen molar-refractivity contribution in [2.75, 3.05) is 26.2 Å². The predicted molar refractivity (Wildman–Crippen MR) is 115 cm³/mol. The molecule has 1 aliphatic rings. The van der Waals surface area contributed by atoms with Crippen LogP contribution in [0.5, 0.6) is 5.75 Å². The summed E-state index contributed by atoms with van der Waals surface area (Å²) in [6.45, 7) is 6.65. The zero-order chi connectivity index (χ0) is 20.7. The summed E-state index contributed by atoms with van der Waals surface area (Å²) in [5, 5.41) is 12.1. The first-order chi connectivity index (χ1) is 13.9. The summed E-state index contributed by atoms with van der Waals surface area (Å²) < 4.78 is 6.12. The van der Waals surface area contributed by atoms with Crippen molar-refractivity contribution in [3.05, 3.63) is 65.7 Å². The summed E-state index contributed by atoms with van der Waals surface area (Å²) in [5.74, 6) is 0.605. The quantitative estimate of drug-likeness (QED) is 0.719. The van der Waals surface area contributed by atoms with Gasteiger partial charge < -0.3 is 20.1 Å². The molecule has 0 saturated carbocycles. The van der Waals surface area contributed by atoms with E-state index in [2.05, 4.69) is 40.5 Å². The molecule has 156 valence electrons. The van der Waals surface area contributed by atoms with Gasteiger partial charge in [-0.1, -0.05) is 30.3 Å². The van der Waals surface area contributed by atoms with E-state index in [1.165, 1.54) is 5.56 Å². The lowest BCUT2D eigenvalue weighted by Gasteiger charge is -2.32. The first kappa shape index (κ1) is 21.3. The highest BCUT2D eigenvalue weighted by Crippen LogP contribution is 2.20. The number of nitrogens with one attached hydrogen (secondary N) is 1. The van der Waals surface area contributed by atoms with Crippen LogP contribution < -0.4 is 10.1 Å². The van der Waals surface area contributed by atoms with Gasteiger partial charge in [0.05, 0.1) is 12.1 Å². The molecule has 1 heterocycles. The van der Waals surface area contributed by atoms with E-state index in [9.17, 15) is 9.90 Å². The third-order valence-electron chi connectivity index (χ3n) is 5.36. The molecule has 1 amide bonds. The van der Waals surface area contributed by atoms with Crippen LogP contribution in [0.4, 0.5) is 0 Å². The molecule has 29 heavy (non-hydrogen) atoms. The van der Waals surface area contributed by atoms with Crippen LogP contribution in [0, 0.1) is 0 Å². The number of amides is 1. The van der Waals surface area contributed by atoms with Gasteiger partial charge in [-0.25, -0.2) is 0 Å². The highest BCUT2D eigenvalue weighted by Gasteiger charge is 2.22. The first-order valence-electron chi connectivity index (χ1n) is 10.4. The Kier molecular flexibility index (Phi) is 7.29. The number of piperidine rings is 1. The lowest BCUT2D eigenvalue weighted by atomic mass is 10.1. The van der Waals surface area contributed by atoms with Crippen LogP contribution in [0.15, 0.2) is 54.6 Å². The summed E-state index contributed by atoms with van der Waals surface area (Å²) >= 11 is 0. The first-order valence-corrected chi connectivity index (χ1v) is 10.4. The van der Waals surface area contributed by atoms with Crippen molar-refractivity contribution >= 4 is 5.91 Å². The maximum absolute atomic E-state index is 12.3. The highest BCUT2D eigenvalue weighted by molar-refractivity contribution is 5.94. The van der Waals surface area contributed by atoms with E-state index in [4.69, 9.17) is 4.74 Å². The van der Waals surface area contributed by atoms with E-state index in [1.54, 1.807) is 26.0 Å². The highest BCUT2D eigenvalue weighted by atomic mass is 16.5. The van der Waals surface area contributed by atoms with Crippen LogP contribution in [0.1, 0.15) is 42.6 Å². The number of ether oxygens (including phenoxy) is 1. The largest absolute Gasteiger partial charge is 0.490 e. The predicted octanol–water partition coefficient (Wildman–Crippen LogP) is 3.27. The Labute approximate surface area is 173 Å². The number of aliphatic hydroxyl groups is 1. The number of rotatable bonds is 8. The minimum atomic E-state index is -0.638. The van der Waals surface area contributed by atoms with Crippen LogP contribution in [0.3, 0.4) is 0 Å². The van der Waals surface area contributed by atoms with Gasteiger partial charge in [-0.15, -0.1) is 0 Å². The summed E-state index contributed by atoms with van der Waals surface area (Å²) in [6, 6.07) is 17.9. The van der Waals surface area contributed by atoms with Gasteiger partial charge in [0.15, 0.2) is 0 Å². The van der Waals surface area contributed by atoms with Crippen LogP contribution >= 0.6 is 0 Å². The van der Waals surface area contributed by atoms with E-state index < -0.39 is 5.54 Å². The standard InChI is InChI=1S/C24H32N2O3/c1-24(2,18-27)25-23(28)20-8-10-21(11-9-20)29-22-13-16-26(17-14-22)15-12-19-6-4-3-5-7-19/h3-11,22,27H,12-18H2,1-2H3,(H,25,28). The van der Waals surface area contributed by atoms with Crippen molar-refractivity contribution in [2.24, 2.45) is 0 Å². The van der Waals surface area contributed by atoms with Crippen molar-refractivity contribution in [1.82, 2.24) is 10.2 Å². The molecule has 1 saturated heterocycles. The van der Waals surface area contributed by atoms with E-state index in [0.717, 1.165) is 44.6 Å². The molecule has 5 heteroatoms.